The van der Waals surface area contributed by atoms with Crippen LogP contribution in [-0.2, 0) is 11.4 Å². The van der Waals surface area contributed by atoms with Crippen molar-refractivity contribution in [1.29, 1.82) is 0 Å². The normalized spacial score (nSPS) is 10.1. The Hall–Kier alpha value is -2.27. The molecule has 18 heavy (non-hydrogen) atoms. The van der Waals surface area contributed by atoms with Crippen LogP contribution in [0, 0.1) is 0 Å². The lowest BCUT2D eigenvalue weighted by Gasteiger charge is -2.08. The molecule has 0 spiro atoms. The summed E-state index contributed by atoms with van der Waals surface area (Å²) in [5, 5.41) is 11.5. The molecule has 0 saturated heterocycles. The first-order valence-corrected chi connectivity index (χ1v) is 5.36. The number of carbonyl (C=O) groups excluding carboxylic acids is 1. The molecule has 0 radical (unpaired) electrons. The number of hydrogen-bond donors (Lipinski definition) is 2. The van der Waals surface area contributed by atoms with Crippen LogP contribution in [0.3, 0.4) is 0 Å². The Kier molecular flexibility index (Phi) is 3.64. The maximum absolute atomic E-state index is 10.4. The molecule has 1 aromatic heterocycles. The van der Waals surface area contributed by atoms with Gasteiger partial charge in [-0.15, -0.1) is 0 Å². The van der Waals surface area contributed by atoms with E-state index in [0.29, 0.717) is 29.4 Å². The second-order valence-electron chi connectivity index (χ2n) is 3.60. The molecule has 0 atom stereocenters. The van der Waals surface area contributed by atoms with Crippen molar-refractivity contribution in [2.75, 3.05) is 12.4 Å². The molecular weight excluding hydrogens is 234 g/mol. The van der Waals surface area contributed by atoms with E-state index in [1.807, 2.05) is 0 Å². The average Bonchev–Trinajstić information content (AvgIpc) is 2.87. The number of hydrogen-bond acceptors (Lipinski definition) is 4. The topological polar surface area (TPSA) is 71.7 Å². The van der Waals surface area contributed by atoms with Crippen LogP contribution in [0.15, 0.2) is 34.7 Å². The van der Waals surface area contributed by atoms with E-state index < -0.39 is 0 Å². The molecule has 2 N–H and O–H groups in total. The molecule has 0 aliphatic carbocycles. The molecule has 0 unspecified atom stereocenters. The molecule has 5 nitrogen and oxygen atoms in total. The van der Waals surface area contributed by atoms with Gasteiger partial charge in [0.05, 0.1) is 12.7 Å². The average molecular weight is 247 g/mol. The molecule has 94 valence electrons. The predicted molar refractivity (Wildman–Crippen MR) is 66.3 cm³/mol. The van der Waals surface area contributed by atoms with Crippen LogP contribution in [0.4, 0.5) is 5.69 Å². The van der Waals surface area contributed by atoms with Crippen molar-refractivity contribution in [1.82, 2.24) is 0 Å². The number of anilines is 1. The van der Waals surface area contributed by atoms with E-state index in [4.69, 9.17) is 14.3 Å². The summed E-state index contributed by atoms with van der Waals surface area (Å²) in [4.78, 5) is 10.4. The van der Waals surface area contributed by atoms with Crippen molar-refractivity contribution in [2.24, 2.45) is 0 Å². The number of aliphatic hydroxyl groups excluding tert-OH is 1. The largest absolute Gasteiger partial charge is 0.496 e. The van der Waals surface area contributed by atoms with Crippen molar-refractivity contribution in [3.63, 3.8) is 0 Å². The van der Waals surface area contributed by atoms with Gasteiger partial charge in [-0.3, -0.25) is 4.79 Å². The van der Waals surface area contributed by atoms with Crippen molar-refractivity contribution >= 4 is 12.1 Å². The zero-order valence-corrected chi connectivity index (χ0v) is 9.84. The van der Waals surface area contributed by atoms with Gasteiger partial charge >= 0.3 is 0 Å². The highest BCUT2D eigenvalue weighted by molar-refractivity contribution is 5.76. The Morgan fingerprint density at radius 2 is 2.22 bits per heavy atom. The van der Waals surface area contributed by atoms with Gasteiger partial charge in [0.15, 0.2) is 0 Å². The van der Waals surface area contributed by atoms with E-state index in [1.165, 1.54) is 0 Å². The zero-order valence-electron chi connectivity index (χ0n) is 9.84. The lowest BCUT2D eigenvalue weighted by atomic mass is 10.1. The third-order valence-electron chi connectivity index (χ3n) is 2.51. The monoisotopic (exact) mass is 247 g/mol. The Labute approximate surface area is 104 Å². The van der Waals surface area contributed by atoms with Crippen LogP contribution in [0.2, 0.25) is 0 Å². The summed E-state index contributed by atoms with van der Waals surface area (Å²) in [6.07, 6.45) is 0.602. The maximum atomic E-state index is 10.4. The van der Waals surface area contributed by atoms with Crippen molar-refractivity contribution in [3.05, 3.63) is 36.1 Å². The summed E-state index contributed by atoms with van der Waals surface area (Å²) in [6, 6.07) is 8.69. The fourth-order valence-electron chi connectivity index (χ4n) is 1.66. The molecule has 2 rings (SSSR count). The van der Waals surface area contributed by atoms with Gasteiger partial charge in [0, 0.05) is 11.8 Å². The summed E-state index contributed by atoms with van der Waals surface area (Å²) in [7, 11) is 1.54. The molecule has 5 heteroatoms. The molecule has 0 aliphatic rings. The lowest BCUT2D eigenvalue weighted by Crippen LogP contribution is -1.95. The van der Waals surface area contributed by atoms with E-state index >= 15 is 0 Å². The lowest BCUT2D eigenvalue weighted by molar-refractivity contribution is -0.105. The minimum atomic E-state index is -0.146. The highest BCUT2D eigenvalue weighted by Gasteiger charge is 2.10. The van der Waals surface area contributed by atoms with Crippen LogP contribution in [0.1, 0.15) is 5.76 Å². The summed E-state index contributed by atoms with van der Waals surface area (Å²) < 4.78 is 10.7. The number of methoxy groups -OCH3 is 1. The number of carbonyl (C=O) groups is 1. The Morgan fingerprint density at radius 3 is 2.83 bits per heavy atom. The first kappa shape index (κ1) is 12.2. The van der Waals surface area contributed by atoms with Gasteiger partial charge in [-0.25, -0.2) is 0 Å². The highest BCUT2D eigenvalue weighted by Crippen LogP contribution is 2.33. The minimum absolute atomic E-state index is 0.146. The third-order valence-corrected chi connectivity index (χ3v) is 2.51. The third kappa shape index (κ3) is 2.36. The van der Waals surface area contributed by atoms with Crippen molar-refractivity contribution < 1.29 is 19.1 Å². The minimum Gasteiger partial charge on any atom is -0.496 e. The predicted octanol–water partition coefficient (Wildman–Crippen LogP) is 2.02. The van der Waals surface area contributed by atoms with E-state index in [1.54, 1.807) is 37.4 Å². The van der Waals surface area contributed by atoms with Crippen LogP contribution in [0.5, 0.6) is 5.75 Å². The van der Waals surface area contributed by atoms with Gasteiger partial charge in [0.25, 0.3) is 0 Å². The number of benzene rings is 1. The fourth-order valence-corrected chi connectivity index (χ4v) is 1.66. The quantitative estimate of drug-likeness (QED) is 0.793. The van der Waals surface area contributed by atoms with Crippen LogP contribution in [0.25, 0.3) is 11.3 Å². The number of rotatable bonds is 5. The van der Waals surface area contributed by atoms with E-state index in [0.717, 1.165) is 5.56 Å². The molecule has 2 aromatic rings. The van der Waals surface area contributed by atoms with Crippen LogP contribution < -0.4 is 10.1 Å². The highest BCUT2D eigenvalue weighted by atomic mass is 16.5. The zero-order chi connectivity index (χ0) is 13.0. The SMILES string of the molecule is COc1cc(NC=O)ccc1-c1ccc(CO)o1. The molecule has 0 saturated carbocycles. The van der Waals surface area contributed by atoms with Crippen molar-refractivity contribution in [3.8, 4) is 17.1 Å². The second-order valence-corrected chi connectivity index (χ2v) is 3.60. The first-order chi connectivity index (χ1) is 8.78. The molecule has 1 heterocycles. The summed E-state index contributed by atoms with van der Waals surface area (Å²) >= 11 is 0. The molecule has 0 fully saturated rings. The van der Waals surface area contributed by atoms with Gasteiger partial charge in [0.2, 0.25) is 6.41 Å². The molecule has 0 aliphatic heterocycles. The molecule has 1 amide bonds. The molecule has 1 aromatic carbocycles. The van der Waals surface area contributed by atoms with Gasteiger partial charge in [-0.05, 0) is 24.3 Å². The standard InChI is InChI=1S/C13H13NO4/c1-17-13-6-9(14-8-16)2-4-11(13)12-5-3-10(7-15)18-12/h2-6,8,15H,7H2,1H3,(H,14,16). The summed E-state index contributed by atoms with van der Waals surface area (Å²) in [5.41, 5.74) is 1.40. The van der Waals surface area contributed by atoms with Gasteiger partial charge < -0.3 is 19.6 Å². The smallest absolute Gasteiger partial charge is 0.211 e. The number of nitrogens with one attached hydrogen (secondary N) is 1. The number of ether oxygens (including phenoxy) is 1. The fraction of sp³-hybridized carbons (Fsp3) is 0.154. The Bertz CT molecular complexity index is 548. The summed E-state index contributed by atoms with van der Waals surface area (Å²) in [6.45, 7) is -0.146. The van der Waals surface area contributed by atoms with Crippen molar-refractivity contribution in [2.45, 2.75) is 6.61 Å². The first-order valence-electron chi connectivity index (χ1n) is 5.36. The molecule has 0 bridgehead atoms. The molecular formula is C13H13NO4. The van der Waals surface area contributed by atoms with E-state index in [2.05, 4.69) is 5.32 Å². The van der Waals surface area contributed by atoms with Crippen LogP contribution >= 0.6 is 0 Å². The van der Waals surface area contributed by atoms with E-state index in [9.17, 15) is 4.79 Å². The number of furan rings is 1. The number of aliphatic hydroxyl groups is 1. The number of amides is 1. The van der Waals surface area contributed by atoms with E-state index in [-0.39, 0.29) is 6.61 Å². The second kappa shape index (κ2) is 5.37. The van der Waals surface area contributed by atoms with Gasteiger partial charge in [-0.2, -0.15) is 0 Å². The van der Waals surface area contributed by atoms with Crippen LogP contribution in [-0.4, -0.2) is 18.6 Å². The summed E-state index contributed by atoms with van der Waals surface area (Å²) in [5.74, 6) is 1.68. The Balaban J connectivity index is 2.40. The maximum Gasteiger partial charge on any atom is 0.211 e. The van der Waals surface area contributed by atoms with Gasteiger partial charge in [-0.1, -0.05) is 0 Å². The van der Waals surface area contributed by atoms with Gasteiger partial charge in [0.1, 0.15) is 23.9 Å². The Morgan fingerprint density at radius 1 is 1.39 bits per heavy atom.